The van der Waals surface area contributed by atoms with Gasteiger partial charge in [0.1, 0.15) is 0 Å². The molecule has 0 saturated heterocycles. The number of hydrogen-bond donors (Lipinski definition) is 1. The molecule has 0 spiro atoms. The molecule has 0 saturated carbocycles. The Hall–Kier alpha value is -2.81. The highest BCUT2D eigenvalue weighted by Gasteiger charge is 2.14. The topological polar surface area (TPSA) is 107 Å². The monoisotopic (exact) mass is 334 g/mol. The minimum atomic E-state index is -0.521. The lowest BCUT2D eigenvalue weighted by molar-refractivity contribution is -0.385. The number of benzene rings is 1. The number of ether oxygens (including phenoxy) is 1. The average molecular weight is 334 g/mol. The Labute approximate surface area is 136 Å². The SMILES string of the molecule is COc1ccc(/C=N\Nc2nc(C)c(C(C)=O)s2)cc1[N+](=O)[O-]. The molecule has 0 radical (unpaired) electrons. The molecule has 9 heteroatoms. The second-order valence-corrected chi connectivity index (χ2v) is 5.55. The van der Waals surface area contributed by atoms with Gasteiger partial charge < -0.3 is 4.74 Å². The summed E-state index contributed by atoms with van der Waals surface area (Å²) in [6, 6.07) is 4.50. The van der Waals surface area contributed by atoms with Gasteiger partial charge in [-0.05, 0) is 19.1 Å². The van der Waals surface area contributed by atoms with E-state index in [0.717, 1.165) is 0 Å². The zero-order chi connectivity index (χ0) is 17.0. The quantitative estimate of drug-likeness (QED) is 0.376. The van der Waals surface area contributed by atoms with Gasteiger partial charge in [0.15, 0.2) is 11.5 Å². The van der Waals surface area contributed by atoms with Crippen molar-refractivity contribution in [3.05, 3.63) is 44.4 Å². The third-order valence-corrected chi connectivity index (χ3v) is 4.05. The van der Waals surface area contributed by atoms with E-state index in [1.165, 1.54) is 43.7 Å². The Balaban J connectivity index is 2.14. The number of hydrogen-bond acceptors (Lipinski definition) is 8. The number of Topliss-reactive ketones (excluding diaryl/α,β-unsaturated/α-hetero) is 1. The number of thiazole rings is 1. The van der Waals surface area contributed by atoms with Crippen LogP contribution in [0.3, 0.4) is 0 Å². The minimum absolute atomic E-state index is 0.0530. The van der Waals surface area contributed by atoms with Crippen molar-refractivity contribution in [1.29, 1.82) is 0 Å². The molecular weight excluding hydrogens is 320 g/mol. The molecule has 120 valence electrons. The molecule has 1 N–H and O–H groups in total. The summed E-state index contributed by atoms with van der Waals surface area (Å²) in [4.78, 5) is 26.6. The van der Waals surface area contributed by atoms with Crippen molar-refractivity contribution in [1.82, 2.24) is 4.98 Å². The molecule has 8 nitrogen and oxygen atoms in total. The lowest BCUT2D eigenvalue weighted by Gasteiger charge is -2.01. The normalized spacial score (nSPS) is 10.7. The van der Waals surface area contributed by atoms with Crippen LogP contribution >= 0.6 is 11.3 Å². The summed E-state index contributed by atoms with van der Waals surface area (Å²) in [5.74, 6) is 0.129. The molecule has 1 aromatic carbocycles. The Morgan fingerprint density at radius 1 is 1.52 bits per heavy atom. The summed E-state index contributed by atoms with van der Waals surface area (Å²) in [5, 5.41) is 15.4. The van der Waals surface area contributed by atoms with Crippen LogP contribution in [0.1, 0.15) is 27.9 Å². The summed E-state index contributed by atoms with van der Waals surface area (Å²) in [7, 11) is 1.37. The maximum atomic E-state index is 11.4. The number of hydrazone groups is 1. The molecule has 2 aromatic rings. The highest BCUT2D eigenvalue weighted by Crippen LogP contribution is 2.27. The van der Waals surface area contributed by atoms with E-state index in [1.807, 2.05) is 0 Å². The van der Waals surface area contributed by atoms with Crippen LogP contribution in [0.2, 0.25) is 0 Å². The average Bonchev–Trinajstić information content (AvgIpc) is 2.88. The van der Waals surface area contributed by atoms with Crippen molar-refractivity contribution in [3.8, 4) is 5.75 Å². The fourth-order valence-corrected chi connectivity index (χ4v) is 2.67. The van der Waals surface area contributed by atoms with Crippen LogP contribution in [-0.2, 0) is 0 Å². The molecule has 0 aliphatic carbocycles. The highest BCUT2D eigenvalue weighted by atomic mass is 32.1. The van der Waals surface area contributed by atoms with Gasteiger partial charge in [-0.25, -0.2) is 4.98 Å². The van der Waals surface area contributed by atoms with Crippen molar-refractivity contribution in [2.75, 3.05) is 12.5 Å². The first kappa shape index (κ1) is 16.6. The molecule has 1 aromatic heterocycles. The molecular formula is C14H14N4O4S. The van der Waals surface area contributed by atoms with Crippen LogP contribution in [0.25, 0.3) is 0 Å². The van der Waals surface area contributed by atoms with Gasteiger partial charge in [0.25, 0.3) is 0 Å². The zero-order valence-electron chi connectivity index (χ0n) is 12.7. The maximum Gasteiger partial charge on any atom is 0.311 e. The number of ketones is 1. The van der Waals surface area contributed by atoms with Crippen LogP contribution in [0.4, 0.5) is 10.8 Å². The van der Waals surface area contributed by atoms with Crippen LogP contribution in [0, 0.1) is 17.0 Å². The number of rotatable bonds is 6. The molecule has 0 atom stereocenters. The Bertz CT molecular complexity index is 785. The molecule has 0 amide bonds. The van der Waals surface area contributed by atoms with Crippen molar-refractivity contribution < 1.29 is 14.5 Å². The first-order chi connectivity index (χ1) is 10.9. The first-order valence-electron chi connectivity index (χ1n) is 6.52. The number of carbonyl (C=O) groups is 1. The molecule has 0 fully saturated rings. The van der Waals surface area contributed by atoms with Gasteiger partial charge in [-0.15, -0.1) is 0 Å². The lowest BCUT2D eigenvalue weighted by Crippen LogP contribution is -1.96. The lowest BCUT2D eigenvalue weighted by atomic mass is 10.2. The van der Waals surface area contributed by atoms with Gasteiger partial charge >= 0.3 is 5.69 Å². The van der Waals surface area contributed by atoms with Crippen molar-refractivity contribution in [3.63, 3.8) is 0 Å². The fourth-order valence-electron chi connectivity index (χ4n) is 1.86. The second-order valence-electron chi connectivity index (χ2n) is 4.55. The number of methoxy groups -OCH3 is 1. The minimum Gasteiger partial charge on any atom is -0.490 e. The first-order valence-corrected chi connectivity index (χ1v) is 7.34. The van der Waals surface area contributed by atoms with Crippen LogP contribution in [-0.4, -0.2) is 29.0 Å². The summed E-state index contributed by atoms with van der Waals surface area (Å²) in [6.07, 6.45) is 1.43. The number of anilines is 1. The van der Waals surface area contributed by atoms with E-state index in [9.17, 15) is 14.9 Å². The zero-order valence-corrected chi connectivity index (χ0v) is 13.5. The number of nitro groups is 1. The van der Waals surface area contributed by atoms with Gasteiger partial charge in [-0.3, -0.25) is 20.3 Å². The molecule has 0 aliphatic rings. The van der Waals surface area contributed by atoms with Crippen molar-refractivity contribution >= 4 is 34.2 Å². The fraction of sp³-hybridized carbons (Fsp3) is 0.214. The highest BCUT2D eigenvalue weighted by molar-refractivity contribution is 7.17. The summed E-state index contributed by atoms with van der Waals surface area (Å²) >= 11 is 1.20. The van der Waals surface area contributed by atoms with Crippen LogP contribution in [0.5, 0.6) is 5.75 Å². The van der Waals surface area contributed by atoms with Crippen LogP contribution < -0.4 is 10.2 Å². The number of carbonyl (C=O) groups excluding carboxylic acids is 1. The van der Waals surface area contributed by atoms with Gasteiger partial charge in [0.05, 0.1) is 28.8 Å². The van der Waals surface area contributed by atoms with Crippen LogP contribution in [0.15, 0.2) is 23.3 Å². The largest absolute Gasteiger partial charge is 0.490 e. The molecule has 0 aliphatic heterocycles. The number of nitro benzene ring substituents is 1. The number of nitrogens with one attached hydrogen (secondary N) is 1. The molecule has 23 heavy (non-hydrogen) atoms. The third kappa shape index (κ3) is 3.89. The Kier molecular flexibility index (Phi) is 5.02. The van der Waals surface area contributed by atoms with Crippen molar-refractivity contribution in [2.24, 2.45) is 5.10 Å². The summed E-state index contributed by atoms with van der Waals surface area (Å²) < 4.78 is 4.93. The van der Waals surface area contributed by atoms with Gasteiger partial charge in [-0.2, -0.15) is 5.10 Å². The predicted octanol–water partition coefficient (Wildman–Crippen LogP) is 3.02. The van der Waals surface area contributed by atoms with Crippen molar-refractivity contribution in [2.45, 2.75) is 13.8 Å². The van der Waals surface area contributed by atoms with Gasteiger partial charge in [0.2, 0.25) is 5.13 Å². The molecule has 0 bridgehead atoms. The molecule has 1 heterocycles. The second kappa shape index (κ2) is 6.97. The smallest absolute Gasteiger partial charge is 0.311 e. The Morgan fingerprint density at radius 3 is 2.83 bits per heavy atom. The number of aryl methyl sites for hydroxylation is 1. The number of aromatic nitrogens is 1. The Morgan fingerprint density at radius 2 is 2.26 bits per heavy atom. The van der Waals surface area contributed by atoms with E-state index < -0.39 is 4.92 Å². The van der Waals surface area contributed by atoms with E-state index in [-0.39, 0.29) is 17.2 Å². The standard InChI is InChI=1S/C14H14N4O4S/c1-8-13(9(2)19)23-14(16-8)17-15-7-10-4-5-12(22-3)11(6-10)18(20)21/h4-7H,1-3H3,(H,16,17)/b15-7-. The predicted molar refractivity (Wildman–Crippen MR) is 87.7 cm³/mol. The van der Waals surface area contributed by atoms with Gasteiger partial charge in [-0.1, -0.05) is 11.3 Å². The van der Waals surface area contributed by atoms with E-state index >= 15 is 0 Å². The van der Waals surface area contributed by atoms with E-state index in [2.05, 4.69) is 15.5 Å². The molecule has 2 rings (SSSR count). The van der Waals surface area contributed by atoms with Gasteiger partial charge in [0, 0.05) is 18.6 Å². The number of nitrogens with zero attached hydrogens (tertiary/aromatic N) is 3. The van der Waals surface area contributed by atoms with E-state index in [1.54, 1.807) is 13.0 Å². The summed E-state index contributed by atoms with van der Waals surface area (Å²) in [5.41, 5.74) is 3.74. The summed E-state index contributed by atoms with van der Waals surface area (Å²) in [6.45, 7) is 3.22. The maximum absolute atomic E-state index is 11.4. The molecule has 0 unspecified atom stereocenters. The third-order valence-electron chi connectivity index (χ3n) is 2.89. The van der Waals surface area contributed by atoms with E-state index in [0.29, 0.717) is 21.3 Å². The van der Waals surface area contributed by atoms with E-state index in [4.69, 9.17) is 4.74 Å².